The van der Waals surface area contributed by atoms with Crippen LogP contribution in [0.4, 0.5) is 4.79 Å². The average Bonchev–Trinajstić information content (AvgIpc) is 3.57. The predicted octanol–water partition coefficient (Wildman–Crippen LogP) is 4.40. The molecule has 2 amide bonds. The van der Waals surface area contributed by atoms with Gasteiger partial charge in [0.05, 0.1) is 7.11 Å². The minimum absolute atomic E-state index is 0.104. The number of ether oxygens (including phenoxy) is 2. The van der Waals surface area contributed by atoms with Crippen LogP contribution in [0, 0.1) is 0 Å². The van der Waals surface area contributed by atoms with Crippen molar-refractivity contribution < 1.29 is 23.9 Å². The molecule has 218 valence electrons. The number of hydrogen-bond donors (Lipinski definition) is 4. The van der Waals surface area contributed by atoms with Crippen LogP contribution in [0.25, 0.3) is 22.0 Å². The predicted molar refractivity (Wildman–Crippen MR) is 161 cm³/mol. The number of methoxy groups -OCH3 is 1. The largest absolute Gasteiger partial charge is 0.467 e. The molecule has 9 heteroatoms. The lowest BCUT2D eigenvalue weighted by molar-refractivity contribution is -0.145. The van der Waals surface area contributed by atoms with E-state index in [1.165, 1.54) is 7.11 Å². The molecule has 0 unspecified atom stereocenters. The van der Waals surface area contributed by atoms with Crippen LogP contribution in [-0.4, -0.2) is 55.3 Å². The van der Waals surface area contributed by atoms with E-state index in [0.717, 1.165) is 38.7 Å². The molecule has 0 bridgehead atoms. The molecule has 0 aliphatic heterocycles. The van der Waals surface area contributed by atoms with Crippen LogP contribution in [0.5, 0.6) is 0 Å². The van der Waals surface area contributed by atoms with Crippen LogP contribution >= 0.6 is 0 Å². The lowest BCUT2D eigenvalue weighted by Crippen LogP contribution is -2.52. The zero-order valence-electron chi connectivity index (χ0n) is 23.6. The molecule has 1 aliphatic carbocycles. The molecule has 0 radical (unpaired) electrons. The maximum absolute atomic E-state index is 13.5. The van der Waals surface area contributed by atoms with E-state index in [-0.39, 0.29) is 18.9 Å². The summed E-state index contributed by atoms with van der Waals surface area (Å²) in [6.45, 7) is 0.590. The number of carbonyl (C=O) groups is 3. The van der Waals surface area contributed by atoms with Crippen molar-refractivity contribution in [3.8, 4) is 11.1 Å². The molecule has 1 aliphatic rings. The van der Waals surface area contributed by atoms with E-state index in [4.69, 9.17) is 15.2 Å². The van der Waals surface area contributed by atoms with Gasteiger partial charge < -0.3 is 30.8 Å². The van der Waals surface area contributed by atoms with Gasteiger partial charge in [0.25, 0.3) is 0 Å². The summed E-state index contributed by atoms with van der Waals surface area (Å²) in [5.41, 5.74) is 11.9. The number of alkyl carbamates (subject to hydrolysis) is 1. The summed E-state index contributed by atoms with van der Waals surface area (Å²) < 4.78 is 10.7. The van der Waals surface area contributed by atoms with Crippen molar-refractivity contribution in [3.05, 3.63) is 95.7 Å². The molecule has 42 heavy (non-hydrogen) atoms. The second kappa shape index (κ2) is 13.4. The topological polar surface area (TPSA) is 136 Å². The first kappa shape index (κ1) is 28.9. The lowest BCUT2D eigenvalue weighted by Gasteiger charge is -2.22. The van der Waals surface area contributed by atoms with E-state index in [1.807, 2.05) is 66.9 Å². The van der Waals surface area contributed by atoms with E-state index in [2.05, 4.69) is 27.8 Å². The third-order valence-corrected chi connectivity index (χ3v) is 7.80. The van der Waals surface area contributed by atoms with Crippen molar-refractivity contribution in [3.63, 3.8) is 0 Å². The van der Waals surface area contributed by atoms with E-state index < -0.39 is 30.1 Å². The number of H-pyrrole nitrogens is 1. The highest BCUT2D eigenvalue weighted by Crippen LogP contribution is 2.44. The van der Waals surface area contributed by atoms with Crippen molar-refractivity contribution in [2.24, 2.45) is 5.73 Å². The van der Waals surface area contributed by atoms with Gasteiger partial charge in [-0.15, -0.1) is 0 Å². The van der Waals surface area contributed by atoms with Gasteiger partial charge in [0.2, 0.25) is 5.91 Å². The molecule has 5 rings (SSSR count). The lowest BCUT2D eigenvalue weighted by atomic mass is 9.98. The standard InChI is InChI=1S/C33H36N4O5/c1-41-32(39)30(18-21-19-35-28-15-7-6-10-22(21)28)36-31(38)29(16-8-9-17-34)37-33(40)42-20-27-25-13-4-2-11-23(25)24-12-3-5-14-26(24)27/h2-7,10-15,19,27,29-30,35H,8-9,16-18,20,34H2,1H3,(H,36,38)(H,37,40)/t29-,30+/m1/s1. The fourth-order valence-electron chi connectivity index (χ4n) is 5.67. The maximum Gasteiger partial charge on any atom is 0.407 e. The van der Waals surface area contributed by atoms with Gasteiger partial charge in [0, 0.05) is 29.4 Å². The molecule has 2 atom stereocenters. The minimum atomic E-state index is -0.942. The van der Waals surface area contributed by atoms with Crippen LogP contribution in [0.2, 0.25) is 0 Å². The summed E-state index contributed by atoms with van der Waals surface area (Å²) in [6.07, 6.45) is 2.99. The van der Waals surface area contributed by atoms with Crippen molar-refractivity contribution in [1.29, 1.82) is 0 Å². The number of unbranched alkanes of at least 4 members (excludes halogenated alkanes) is 1. The van der Waals surface area contributed by atoms with Crippen molar-refractivity contribution in [2.45, 2.75) is 43.7 Å². The van der Waals surface area contributed by atoms with Crippen molar-refractivity contribution in [1.82, 2.24) is 15.6 Å². The number of rotatable bonds is 12. The Bertz CT molecular complexity index is 1520. The Kier molecular flexibility index (Phi) is 9.18. The van der Waals surface area contributed by atoms with Gasteiger partial charge in [0.1, 0.15) is 18.7 Å². The zero-order valence-corrected chi connectivity index (χ0v) is 23.6. The summed E-state index contributed by atoms with van der Waals surface area (Å²) in [4.78, 5) is 42.3. The number of esters is 1. The van der Waals surface area contributed by atoms with Crippen molar-refractivity contribution >= 4 is 28.9 Å². The fraction of sp³-hybridized carbons (Fsp3) is 0.303. The molecule has 4 aromatic rings. The second-order valence-corrected chi connectivity index (χ2v) is 10.5. The summed E-state index contributed by atoms with van der Waals surface area (Å²) in [7, 11) is 1.28. The first-order chi connectivity index (χ1) is 20.5. The normalized spacial score (nSPS) is 13.6. The second-order valence-electron chi connectivity index (χ2n) is 10.5. The van der Waals surface area contributed by atoms with Gasteiger partial charge in [-0.1, -0.05) is 66.7 Å². The number of nitrogens with one attached hydrogen (secondary N) is 3. The molecule has 1 heterocycles. The highest BCUT2D eigenvalue weighted by atomic mass is 16.5. The smallest absolute Gasteiger partial charge is 0.407 e. The van der Waals surface area contributed by atoms with Gasteiger partial charge in [-0.25, -0.2) is 9.59 Å². The fourth-order valence-corrected chi connectivity index (χ4v) is 5.67. The summed E-state index contributed by atoms with van der Waals surface area (Å²) in [5.74, 6) is -1.17. The number of nitrogens with two attached hydrogens (primary N) is 1. The van der Waals surface area contributed by atoms with Crippen LogP contribution in [0.1, 0.15) is 41.9 Å². The van der Waals surface area contributed by atoms with E-state index >= 15 is 0 Å². The number of aromatic amines is 1. The maximum atomic E-state index is 13.5. The summed E-state index contributed by atoms with van der Waals surface area (Å²) in [6, 6.07) is 22.0. The molecular formula is C33H36N4O5. The average molecular weight is 569 g/mol. The number of hydrogen-bond acceptors (Lipinski definition) is 6. The minimum Gasteiger partial charge on any atom is -0.467 e. The number of benzene rings is 3. The summed E-state index contributed by atoms with van der Waals surface area (Å²) >= 11 is 0. The SMILES string of the molecule is COC(=O)[C@H](Cc1c[nH]c2ccccc12)NC(=O)[C@@H](CCCCN)NC(=O)OCC1c2ccccc2-c2ccccc21. The van der Waals surface area contributed by atoms with Crippen molar-refractivity contribution in [2.75, 3.05) is 20.3 Å². The van der Waals surface area contributed by atoms with Crippen LogP contribution in [-0.2, 0) is 25.5 Å². The first-order valence-corrected chi connectivity index (χ1v) is 14.2. The molecule has 0 saturated carbocycles. The number of fused-ring (bicyclic) bond motifs is 4. The number of para-hydroxylation sites is 1. The highest BCUT2D eigenvalue weighted by molar-refractivity contribution is 5.90. The highest BCUT2D eigenvalue weighted by Gasteiger charge is 2.31. The Morgan fingerprint density at radius 1 is 0.881 bits per heavy atom. The van der Waals surface area contributed by atoms with Gasteiger partial charge in [-0.05, 0) is 59.7 Å². The van der Waals surface area contributed by atoms with E-state index in [9.17, 15) is 14.4 Å². The quantitative estimate of drug-likeness (QED) is 0.148. The number of amides is 2. The van der Waals surface area contributed by atoms with Crippen LogP contribution in [0.15, 0.2) is 79.0 Å². The summed E-state index contributed by atoms with van der Waals surface area (Å²) in [5, 5.41) is 6.48. The van der Waals surface area contributed by atoms with Gasteiger partial charge >= 0.3 is 12.1 Å². The first-order valence-electron chi connectivity index (χ1n) is 14.2. The molecule has 1 aromatic heterocycles. The zero-order chi connectivity index (χ0) is 29.5. The van der Waals surface area contributed by atoms with E-state index in [0.29, 0.717) is 25.8 Å². The van der Waals surface area contributed by atoms with Gasteiger partial charge in [0.15, 0.2) is 0 Å². The molecular weight excluding hydrogens is 532 g/mol. The number of carbonyl (C=O) groups excluding carboxylic acids is 3. The Labute approximate surface area is 244 Å². The molecule has 3 aromatic carbocycles. The Morgan fingerprint density at radius 3 is 2.24 bits per heavy atom. The Balaban J connectivity index is 1.26. The van der Waals surface area contributed by atoms with E-state index in [1.54, 1.807) is 0 Å². The van der Waals surface area contributed by atoms with Crippen LogP contribution < -0.4 is 16.4 Å². The third kappa shape index (κ3) is 6.31. The number of aromatic nitrogens is 1. The Hall–Kier alpha value is -4.63. The molecule has 0 fully saturated rings. The van der Waals surface area contributed by atoms with Gasteiger partial charge in [-0.3, -0.25) is 4.79 Å². The van der Waals surface area contributed by atoms with Gasteiger partial charge in [-0.2, -0.15) is 0 Å². The molecule has 9 nitrogen and oxygen atoms in total. The molecule has 0 saturated heterocycles. The molecule has 0 spiro atoms. The molecule has 5 N–H and O–H groups in total. The van der Waals surface area contributed by atoms with Crippen LogP contribution in [0.3, 0.4) is 0 Å². The Morgan fingerprint density at radius 2 is 1.55 bits per heavy atom. The monoisotopic (exact) mass is 568 g/mol. The third-order valence-electron chi connectivity index (χ3n) is 7.80.